The molecule has 0 fully saturated rings. The normalized spacial score (nSPS) is 11.5. The molecule has 11 aromatic rings. The molecule has 0 aliphatic heterocycles. The average Bonchev–Trinajstić information content (AvgIpc) is 3.93. The zero-order chi connectivity index (χ0) is 46.9. The van der Waals surface area contributed by atoms with Gasteiger partial charge < -0.3 is 14.0 Å². The first-order valence-electron chi connectivity index (χ1n) is 23.5. The standard InChI is InChI=1S/C44H30N3O.C18H24NSi.Ir/c1-28-14-11-15-29(2)40(28)38-27-26-35-34-22-13-23-36(42(34)48-44(35)46-38)43-45-37-24-9-10-25-39(37)47(43)41-32(30-16-5-3-6-17-30)20-12-21-33(41)31-18-7-4-8-19-31;1-14(2)11-16-12-17(15-9-7-6-8-10-15)19-13-18(16)20(3,4)5;/h3-22,24-27H,1-2H3;6-9,12-14H,11H2,1-5H3;/q2*-1;. The summed E-state index contributed by atoms with van der Waals surface area (Å²) in [5, 5.41) is 3.44. The Hall–Kier alpha value is -7.02. The molecule has 0 spiro atoms. The van der Waals surface area contributed by atoms with E-state index < -0.39 is 8.07 Å². The number of furan rings is 1. The zero-order valence-corrected chi connectivity index (χ0v) is 43.5. The van der Waals surface area contributed by atoms with Crippen molar-refractivity contribution in [2.24, 2.45) is 5.92 Å². The van der Waals surface area contributed by atoms with Gasteiger partial charge in [-0.25, -0.2) is 4.98 Å². The van der Waals surface area contributed by atoms with Crippen LogP contribution in [0.25, 0.3) is 94.9 Å². The topological polar surface area (TPSA) is 56.7 Å². The van der Waals surface area contributed by atoms with Gasteiger partial charge in [-0.2, -0.15) is 0 Å². The summed E-state index contributed by atoms with van der Waals surface area (Å²) in [7, 11) is -1.34. The molecule has 7 aromatic carbocycles. The number of nitrogens with zero attached hydrogens (tertiary/aromatic N) is 4. The van der Waals surface area contributed by atoms with Gasteiger partial charge in [-0.3, -0.25) is 4.98 Å². The van der Waals surface area contributed by atoms with Crippen LogP contribution in [0, 0.1) is 31.9 Å². The van der Waals surface area contributed by atoms with Crippen molar-refractivity contribution in [3.8, 4) is 61.8 Å². The van der Waals surface area contributed by atoms with Crippen molar-refractivity contribution in [2.45, 2.75) is 53.8 Å². The van der Waals surface area contributed by atoms with Gasteiger partial charge in [0.2, 0.25) is 5.71 Å². The average molecular weight is 1090 g/mol. The van der Waals surface area contributed by atoms with Gasteiger partial charge >= 0.3 is 0 Å². The Morgan fingerprint density at radius 3 is 1.93 bits per heavy atom. The van der Waals surface area contributed by atoms with Crippen LogP contribution >= 0.6 is 0 Å². The number of benzene rings is 7. The molecule has 1 radical (unpaired) electrons. The monoisotopic (exact) mass is 1090 g/mol. The molecule has 0 unspecified atom stereocenters. The summed E-state index contributed by atoms with van der Waals surface area (Å²) in [6.45, 7) is 16.0. The summed E-state index contributed by atoms with van der Waals surface area (Å²) in [5.41, 5.74) is 17.5. The van der Waals surface area contributed by atoms with E-state index in [4.69, 9.17) is 14.4 Å². The Kier molecular flexibility index (Phi) is 13.6. The molecule has 7 heteroatoms. The summed E-state index contributed by atoms with van der Waals surface area (Å²) in [5.74, 6) is 1.43. The van der Waals surface area contributed by atoms with E-state index in [1.807, 2.05) is 30.3 Å². The summed E-state index contributed by atoms with van der Waals surface area (Å²) in [6.07, 6.45) is 3.24. The molecule has 69 heavy (non-hydrogen) atoms. The van der Waals surface area contributed by atoms with Crippen LogP contribution in [-0.2, 0) is 26.5 Å². The first-order valence-corrected chi connectivity index (χ1v) is 27.0. The minimum Gasteiger partial charge on any atom is -0.486 e. The van der Waals surface area contributed by atoms with Crippen molar-refractivity contribution in [2.75, 3.05) is 0 Å². The third kappa shape index (κ3) is 9.43. The number of pyridine rings is 2. The van der Waals surface area contributed by atoms with E-state index in [0.29, 0.717) is 17.2 Å². The van der Waals surface area contributed by atoms with Gasteiger partial charge in [0.15, 0.2) is 0 Å². The molecule has 0 aliphatic rings. The zero-order valence-electron chi connectivity index (χ0n) is 40.1. The first-order chi connectivity index (χ1) is 33.0. The predicted octanol–water partition coefficient (Wildman–Crippen LogP) is 15.7. The molecule has 0 amide bonds. The number of aryl methyl sites for hydroxylation is 2. The van der Waals surface area contributed by atoms with Crippen molar-refractivity contribution in [1.29, 1.82) is 0 Å². The van der Waals surface area contributed by atoms with Gasteiger partial charge in [-0.15, -0.1) is 54.1 Å². The molecule has 4 aromatic heterocycles. The van der Waals surface area contributed by atoms with Crippen LogP contribution in [0.5, 0.6) is 0 Å². The Morgan fingerprint density at radius 2 is 1.28 bits per heavy atom. The van der Waals surface area contributed by atoms with Gasteiger partial charge in [-0.1, -0.05) is 165 Å². The number of hydrogen-bond acceptors (Lipinski definition) is 4. The van der Waals surface area contributed by atoms with Gasteiger partial charge in [-0.05, 0) is 83.6 Å². The van der Waals surface area contributed by atoms with Crippen LogP contribution in [0.15, 0.2) is 187 Å². The van der Waals surface area contributed by atoms with E-state index in [0.717, 1.165) is 90.1 Å². The fourth-order valence-electron chi connectivity index (χ4n) is 9.53. The third-order valence-electron chi connectivity index (χ3n) is 12.7. The second-order valence-electron chi connectivity index (χ2n) is 19.1. The van der Waals surface area contributed by atoms with Gasteiger partial charge in [0.1, 0.15) is 0 Å². The van der Waals surface area contributed by atoms with Crippen molar-refractivity contribution >= 4 is 46.4 Å². The second-order valence-corrected chi connectivity index (χ2v) is 24.1. The minimum absolute atomic E-state index is 0. The molecule has 343 valence electrons. The summed E-state index contributed by atoms with van der Waals surface area (Å²) >= 11 is 0. The SMILES string of the molecule is CC(C)Cc1cc(-c2[c-]cccc2)ncc1[Si](C)(C)C.Cc1cccc(C)c1-c1ccc2c(n1)oc1c(-c3nc4ccccc4n3-c3c(-c4ccccc4)cccc3-c3ccccc3)[c-]ccc12.[Ir]. The number of fused-ring (bicyclic) bond motifs is 4. The molecule has 0 saturated carbocycles. The quantitative estimate of drug-likeness (QED) is 0.107. The molecule has 0 atom stereocenters. The van der Waals surface area contributed by atoms with E-state index in [2.05, 4.69) is 221 Å². The summed E-state index contributed by atoms with van der Waals surface area (Å²) in [4.78, 5) is 15.0. The molecular weight excluding hydrogens is 1040 g/mol. The maximum atomic E-state index is 6.70. The van der Waals surface area contributed by atoms with Crippen LogP contribution in [0.2, 0.25) is 19.6 Å². The second kappa shape index (κ2) is 19.9. The van der Waals surface area contributed by atoms with Crippen LogP contribution < -0.4 is 5.19 Å². The fraction of sp³-hybridized carbons (Fsp3) is 0.145. The third-order valence-corrected chi connectivity index (χ3v) is 14.7. The van der Waals surface area contributed by atoms with Crippen molar-refractivity contribution in [3.63, 3.8) is 0 Å². The summed E-state index contributed by atoms with van der Waals surface area (Å²) < 4.78 is 8.99. The molecule has 0 saturated heterocycles. The van der Waals surface area contributed by atoms with Crippen LogP contribution in [0.3, 0.4) is 0 Å². The number of aromatic nitrogens is 4. The largest absolute Gasteiger partial charge is 0.486 e. The van der Waals surface area contributed by atoms with Gasteiger partial charge in [0.25, 0.3) is 0 Å². The molecule has 0 N–H and O–H groups in total. The molecule has 0 bridgehead atoms. The number of hydrogen-bond donors (Lipinski definition) is 0. The van der Waals surface area contributed by atoms with Gasteiger partial charge in [0.05, 0.1) is 41.9 Å². The maximum Gasteiger partial charge on any atom is 0.216 e. The van der Waals surface area contributed by atoms with E-state index in [-0.39, 0.29) is 20.1 Å². The molecule has 0 aliphatic carbocycles. The molecule has 5 nitrogen and oxygen atoms in total. The predicted molar refractivity (Wildman–Crippen MR) is 286 cm³/mol. The maximum absolute atomic E-state index is 6.70. The Labute approximate surface area is 420 Å². The Morgan fingerprint density at radius 1 is 0.623 bits per heavy atom. The number of rotatable bonds is 9. The van der Waals surface area contributed by atoms with Crippen LogP contribution in [0.4, 0.5) is 0 Å². The number of imidazole rings is 1. The van der Waals surface area contributed by atoms with Crippen LogP contribution in [0.1, 0.15) is 30.5 Å². The van der Waals surface area contributed by atoms with E-state index in [9.17, 15) is 0 Å². The smallest absolute Gasteiger partial charge is 0.216 e. The van der Waals surface area contributed by atoms with Crippen molar-refractivity contribution < 1.29 is 24.5 Å². The molecule has 4 heterocycles. The Balaban J connectivity index is 0.000000238. The number of para-hydroxylation sites is 3. The molecule has 11 rings (SSSR count). The van der Waals surface area contributed by atoms with E-state index in [1.54, 1.807) is 0 Å². The first kappa shape index (κ1) is 47.1. The van der Waals surface area contributed by atoms with E-state index in [1.165, 1.54) is 21.9 Å². The molecular formula is C62H54IrN4OSi-2. The van der Waals surface area contributed by atoms with Gasteiger partial charge in [0, 0.05) is 48.4 Å². The van der Waals surface area contributed by atoms with Crippen LogP contribution in [-0.4, -0.2) is 27.6 Å². The fourth-order valence-corrected chi connectivity index (χ4v) is 11.1. The van der Waals surface area contributed by atoms with E-state index >= 15 is 0 Å². The minimum atomic E-state index is -1.34. The van der Waals surface area contributed by atoms with Crippen molar-refractivity contribution in [3.05, 3.63) is 211 Å². The Bertz CT molecular complexity index is 3500. The summed E-state index contributed by atoms with van der Waals surface area (Å²) in [6, 6.07) is 67.7. The van der Waals surface area contributed by atoms with Crippen molar-refractivity contribution in [1.82, 2.24) is 19.5 Å².